The molecule has 1 aliphatic rings. The standard InChI is InChI=1S/C23H23N3O3/c27-23(28)26-14-11-21(12-15-26)29-20-8-6-17(7-9-20)18-10-13-24-22(16-18)25-19-4-2-1-3-5-19/h1-10,13,16,21H,11-12,14-15H2,(H,24,25)(H,27,28). The highest BCUT2D eigenvalue weighted by Crippen LogP contribution is 2.26. The second-order valence-electron chi connectivity index (χ2n) is 7.03. The smallest absolute Gasteiger partial charge is 0.407 e. The summed E-state index contributed by atoms with van der Waals surface area (Å²) in [6, 6.07) is 21.9. The summed E-state index contributed by atoms with van der Waals surface area (Å²) in [5.74, 6) is 1.60. The summed E-state index contributed by atoms with van der Waals surface area (Å²) in [6.45, 7) is 1.04. The Balaban J connectivity index is 1.39. The third kappa shape index (κ3) is 4.85. The van der Waals surface area contributed by atoms with Gasteiger partial charge in [0.05, 0.1) is 0 Å². The number of benzene rings is 2. The molecule has 0 spiro atoms. The molecule has 6 heteroatoms. The number of nitrogens with one attached hydrogen (secondary N) is 1. The van der Waals surface area contributed by atoms with Crippen molar-refractivity contribution in [3.05, 3.63) is 72.9 Å². The van der Waals surface area contributed by atoms with E-state index in [0.29, 0.717) is 25.9 Å². The molecule has 2 heterocycles. The average molecular weight is 389 g/mol. The SMILES string of the molecule is O=C(O)N1CCC(Oc2ccc(-c3ccnc(Nc4ccccc4)c3)cc2)CC1. The number of carbonyl (C=O) groups is 1. The molecule has 29 heavy (non-hydrogen) atoms. The summed E-state index contributed by atoms with van der Waals surface area (Å²) >= 11 is 0. The summed E-state index contributed by atoms with van der Waals surface area (Å²) in [5.41, 5.74) is 3.14. The van der Waals surface area contributed by atoms with Gasteiger partial charge >= 0.3 is 6.09 Å². The number of hydrogen-bond acceptors (Lipinski definition) is 4. The lowest BCUT2D eigenvalue weighted by Crippen LogP contribution is -2.41. The number of amides is 1. The maximum absolute atomic E-state index is 11.0. The van der Waals surface area contributed by atoms with Crippen LogP contribution in [0.1, 0.15) is 12.8 Å². The van der Waals surface area contributed by atoms with Crippen LogP contribution >= 0.6 is 0 Å². The Morgan fingerprint density at radius 2 is 1.72 bits per heavy atom. The first-order valence-corrected chi connectivity index (χ1v) is 9.70. The van der Waals surface area contributed by atoms with Crippen molar-refractivity contribution in [3.8, 4) is 16.9 Å². The highest BCUT2D eigenvalue weighted by molar-refractivity contribution is 5.69. The van der Waals surface area contributed by atoms with Crippen LogP contribution in [0.4, 0.5) is 16.3 Å². The number of anilines is 2. The lowest BCUT2D eigenvalue weighted by molar-refractivity contribution is 0.0895. The molecule has 0 aliphatic carbocycles. The lowest BCUT2D eigenvalue weighted by atomic mass is 10.1. The zero-order chi connectivity index (χ0) is 20.1. The number of rotatable bonds is 5. The maximum atomic E-state index is 11.0. The van der Waals surface area contributed by atoms with Gasteiger partial charge in [-0.15, -0.1) is 0 Å². The molecule has 1 aromatic heterocycles. The fraction of sp³-hybridized carbons (Fsp3) is 0.217. The Morgan fingerprint density at radius 3 is 2.41 bits per heavy atom. The van der Waals surface area contributed by atoms with Gasteiger partial charge in [0.2, 0.25) is 0 Å². The number of nitrogens with zero attached hydrogens (tertiary/aromatic N) is 2. The van der Waals surface area contributed by atoms with Gasteiger partial charge < -0.3 is 20.1 Å². The van der Waals surface area contributed by atoms with Gasteiger partial charge in [-0.25, -0.2) is 9.78 Å². The second kappa shape index (κ2) is 8.65. The molecule has 1 saturated heterocycles. The van der Waals surface area contributed by atoms with Crippen LogP contribution in [0, 0.1) is 0 Å². The zero-order valence-electron chi connectivity index (χ0n) is 16.0. The third-order valence-electron chi connectivity index (χ3n) is 5.01. The Labute approximate surface area is 169 Å². The molecule has 1 fully saturated rings. The van der Waals surface area contributed by atoms with Gasteiger partial charge in [0.25, 0.3) is 0 Å². The Bertz CT molecular complexity index is 953. The first-order valence-electron chi connectivity index (χ1n) is 9.70. The summed E-state index contributed by atoms with van der Waals surface area (Å²) in [5, 5.41) is 12.3. The van der Waals surface area contributed by atoms with Gasteiger partial charge in [-0.05, 0) is 47.5 Å². The van der Waals surface area contributed by atoms with E-state index >= 15 is 0 Å². The highest BCUT2D eigenvalue weighted by atomic mass is 16.5. The first kappa shape index (κ1) is 18.8. The van der Waals surface area contributed by atoms with Crippen LogP contribution in [0.25, 0.3) is 11.1 Å². The van der Waals surface area contributed by atoms with Crippen LogP contribution in [-0.4, -0.2) is 40.3 Å². The van der Waals surface area contributed by atoms with Crippen LogP contribution in [-0.2, 0) is 0 Å². The van der Waals surface area contributed by atoms with Crippen molar-refractivity contribution in [2.24, 2.45) is 0 Å². The molecule has 4 rings (SSSR count). The Hall–Kier alpha value is -3.54. The Morgan fingerprint density at radius 1 is 1.00 bits per heavy atom. The summed E-state index contributed by atoms with van der Waals surface area (Å²) < 4.78 is 6.03. The summed E-state index contributed by atoms with van der Waals surface area (Å²) in [6.07, 6.45) is 2.42. The van der Waals surface area contributed by atoms with Gasteiger partial charge in [-0.3, -0.25) is 0 Å². The van der Waals surface area contributed by atoms with E-state index in [0.717, 1.165) is 28.4 Å². The minimum Gasteiger partial charge on any atom is -0.490 e. The van der Waals surface area contributed by atoms with Crippen molar-refractivity contribution in [1.29, 1.82) is 0 Å². The van der Waals surface area contributed by atoms with Crippen molar-refractivity contribution in [2.45, 2.75) is 18.9 Å². The molecule has 2 N–H and O–H groups in total. The minimum absolute atomic E-state index is 0.0547. The Kier molecular flexibility index (Phi) is 5.61. The van der Waals surface area contributed by atoms with Crippen LogP contribution in [0.15, 0.2) is 72.9 Å². The van der Waals surface area contributed by atoms with E-state index in [4.69, 9.17) is 9.84 Å². The van der Waals surface area contributed by atoms with Crippen LogP contribution in [0.5, 0.6) is 5.75 Å². The highest BCUT2D eigenvalue weighted by Gasteiger charge is 2.23. The number of pyridine rings is 1. The molecule has 148 valence electrons. The molecule has 1 aliphatic heterocycles. The molecule has 0 atom stereocenters. The molecule has 1 amide bonds. The van der Waals surface area contributed by atoms with Gasteiger partial charge in [0.15, 0.2) is 0 Å². The van der Waals surface area contributed by atoms with E-state index in [9.17, 15) is 4.79 Å². The quantitative estimate of drug-likeness (QED) is 0.641. The summed E-state index contributed by atoms with van der Waals surface area (Å²) in [7, 11) is 0. The average Bonchev–Trinajstić information content (AvgIpc) is 2.76. The minimum atomic E-state index is -0.855. The van der Waals surface area contributed by atoms with Crippen LogP contribution < -0.4 is 10.1 Å². The molecule has 3 aromatic rings. The molecule has 0 radical (unpaired) electrons. The fourth-order valence-electron chi connectivity index (χ4n) is 3.43. The van der Waals surface area contributed by atoms with E-state index in [1.54, 1.807) is 6.20 Å². The second-order valence-corrected chi connectivity index (χ2v) is 7.03. The van der Waals surface area contributed by atoms with E-state index in [1.165, 1.54) is 4.90 Å². The fourth-order valence-corrected chi connectivity index (χ4v) is 3.43. The number of aromatic nitrogens is 1. The molecule has 0 bridgehead atoms. The largest absolute Gasteiger partial charge is 0.490 e. The predicted octanol–water partition coefficient (Wildman–Crippen LogP) is 5.01. The van der Waals surface area contributed by atoms with Crippen molar-refractivity contribution < 1.29 is 14.6 Å². The molecule has 6 nitrogen and oxygen atoms in total. The van der Waals surface area contributed by atoms with E-state index < -0.39 is 6.09 Å². The van der Waals surface area contributed by atoms with E-state index in [2.05, 4.69) is 10.3 Å². The number of para-hydroxylation sites is 1. The van der Waals surface area contributed by atoms with Crippen molar-refractivity contribution in [1.82, 2.24) is 9.88 Å². The maximum Gasteiger partial charge on any atom is 0.407 e. The molecule has 2 aromatic carbocycles. The molecule has 0 unspecified atom stereocenters. The predicted molar refractivity (Wildman–Crippen MR) is 113 cm³/mol. The van der Waals surface area contributed by atoms with Gasteiger partial charge in [0, 0.05) is 37.8 Å². The van der Waals surface area contributed by atoms with Crippen molar-refractivity contribution >= 4 is 17.6 Å². The number of carboxylic acid groups (broad SMARTS) is 1. The van der Waals surface area contributed by atoms with Gasteiger partial charge in [-0.1, -0.05) is 30.3 Å². The monoisotopic (exact) mass is 389 g/mol. The summed E-state index contributed by atoms with van der Waals surface area (Å²) in [4.78, 5) is 16.8. The van der Waals surface area contributed by atoms with E-state index in [1.807, 2.05) is 66.7 Å². The van der Waals surface area contributed by atoms with Crippen LogP contribution in [0.2, 0.25) is 0 Å². The zero-order valence-corrected chi connectivity index (χ0v) is 16.0. The van der Waals surface area contributed by atoms with E-state index in [-0.39, 0.29) is 6.10 Å². The lowest BCUT2D eigenvalue weighted by Gasteiger charge is -2.30. The van der Waals surface area contributed by atoms with Gasteiger partial charge in [-0.2, -0.15) is 0 Å². The number of piperidine rings is 1. The molecular weight excluding hydrogens is 366 g/mol. The molecular formula is C23H23N3O3. The topological polar surface area (TPSA) is 74.7 Å². The first-order chi connectivity index (χ1) is 14.2. The number of ether oxygens (including phenoxy) is 1. The van der Waals surface area contributed by atoms with Gasteiger partial charge in [0.1, 0.15) is 17.7 Å². The number of likely N-dealkylation sites (tertiary alicyclic amines) is 1. The van der Waals surface area contributed by atoms with Crippen molar-refractivity contribution in [3.63, 3.8) is 0 Å². The third-order valence-corrected chi connectivity index (χ3v) is 5.01. The number of hydrogen-bond donors (Lipinski definition) is 2. The molecule has 0 saturated carbocycles. The van der Waals surface area contributed by atoms with Crippen molar-refractivity contribution in [2.75, 3.05) is 18.4 Å². The normalized spacial score (nSPS) is 14.4. The van der Waals surface area contributed by atoms with Crippen LogP contribution in [0.3, 0.4) is 0 Å².